The number of benzene rings is 2. The number of nitrogens with zero attached hydrogens (tertiary/aromatic N) is 2. The molecule has 0 saturated heterocycles. The van der Waals surface area contributed by atoms with Crippen LogP contribution in [0.2, 0.25) is 0 Å². The molecule has 2 nitrogen and oxygen atoms in total. The van der Waals surface area contributed by atoms with E-state index in [4.69, 9.17) is 0 Å². The molecule has 0 bridgehead atoms. The van der Waals surface area contributed by atoms with Crippen LogP contribution in [-0.2, 0) is 12.4 Å². The lowest BCUT2D eigenvalue weighted by Gasteiger charge is -2.25. The average molecular weight is 426 g/mol. The number of alkyl halides is 6. The molecule has 2 atom stereocenters. The smallest absolute Gasteiger partial charge is 0.287 e. The van der Waals surface area contributed by atoms with Crippen molar-refractivity contribution in [2.24, 2.45) is 9.98 Å². The van der Waals surface area contributed by atoms with Gasteiger partial charge in [0.25, 0.3) is 0 Å². The first-order valence-electron chi connectivity index (χ1n) is 9.55. The summed E-state index contributed by atoms with van der Waals surface area (Å²) in [6.45, 7) is 0. The van der Waals surface area contributed by atoms with E-state index in [2.05, 4.69) is 9.98 Å². The molecule has 0 radical (unpaired) electrons. The number of hydrogen-bond donors (Lipinski definition) is 0. The molecule has 1 aliphatic carbocycles. The van der Waals surface area contributed by atoms with E-state index in [1.165, 1.54) is 48.8 Å². The van der Waals surface area contributed by atoms with Gasteiger partial charge in [0.1, 0.15) is 0 Å². The van der Waals surface area contributed by atoms with Crippen LogP contribution in [0.25, 0.3) is 0 Å². The van der Waals surface area contributed by atoms with E-state index >= 15 is 0 Å². The molecule has 2 aromatic carbocycles. The predicted molar refractivity (Wildman–Crippen MR) is 104 cm³/mol. The van der Waals surface area contributed by atoms with Crippen molar-refractivity contribution >= 4 is 12.4 Å². The van der Waals surface area contributed by atoms with Crippen LogP contribution < -0.4 is 0 Å². The number of hydrogen-bond acceptors (Lipinski definition) is 2. The summed E-state index contributed by atoms with van der Waals surface area (Å²) in [5.41, 5.74) is -1.63. The molecule has 3 rings (SSSR count). The molecule has 160 valence electrons. The summed E-state index contributed by atoms with van der Waals surface area (Å²) in [4.78, 5) is 8.66. The Morgan fingerprint density at radius 3 is 1.37 bits per heavy atom. The van der Waals surface area contributed by atoms with Crippen molar-refractivity contribution in [2.45, 2.75) is 50.1 Å². The third kappa shape index (κ3) is 5.49. The molecule has 0 unspecified atom stereocenters. The van der Waals surface area contributed by atoms with Gasteiger partial charge in [-0.1, -0.05) is 49.2 Å². The fourth-order valence-electron chi connectivity index (χ4n) is 3.53. The van der Waals surface area contributed by atoms with Crippen molar-refractivity contribution in [2.75, 3.05) is 0 Å². The summed E-state index contributed by atoms with van der Waals surface area (Å²) in [5.74, 6) is 0. The Kier molecular flexibility index (Phi) is 6.63. The van der Waals surface area contributed by atoms with Crippen molar-refractivity contribution in [1.82, 2.24) is 0 Å². The number of halogens is 6. The average Bonchev–Trinajstić information content (AvgIpc) is 2.70. The third-order valence-corrected chi connectivity index (χ3v) is 5.04. The molecular weight excluding hydrogens is 406 g/mol. The SMILES string of the molecule is FC(F)(F)c1ccccc1C=N[C@@H]1CCCC[C@H]1N=Cc1ccccc1C(F)(F)F. The van der Waals surface area contributed by atoms with Gasteiger partial charge in [0.2, 0.25) is 0 Å². The standard InChI is InChI=1S/C22H20F6N2/c23-21(24,25)17-9-3-1-7-15(17)13-29-19-11-5-6-12-20(19)30-14-16-8-2-4-10-18(16)22(26,27)28/h1-4,7-10,13-14,19-20H,5-6,11-12H2/t19-,20-/m1/s1. The molecule has 0 amide bonds. The fraction of sp³-hybridized carbons (Fsp3) is 0.364. The van der Waals surface area contributed by atoms with Crippen LogP contribution in [-0.4, -0.2) is 24.5 Å². The van der Waals surface area contributed by atoms with E-state index in [9.17, 15) is 26.3 Å². The predicted octanol–water partition coefficient (Wildman–Crippen LogP) is 6.57. The van der Waals surface area contributed by atoms with E-state index in [0.717, 1.165) is 25.0 Å². The first kappa shape index (κ1) is 22.1. The summed E-state index contributed by atoms with van der Waals surface area (Å²) >= 11 is 0. The molecule has 0 N–H and O–H groups in total. The lowest BCUT2D eigenvalue weighted by molar-refractivity contribution is -0.138. The molecule has 0 heterocycles. The summed E-state index contributed by atoms with van der Waals surface area (Å²) in [7, 11) is 0. The second-order valence-corrected chi connectivity index (χ2v) is 7.15. The van der Waals surface area contributed by atoms with Crippen LogP contribution >= 0.6 is 0 Å². The van der Waals surface area contributed by atoms with Gasteiger partial charge in [-0.2, -0.15) is 26.3 Å². The largest absolute Gasteiger partial charge is 0.417 e. The van der Waals surface area contributed by atoms with Crippen LogP contribution in [0.1, 0.15) is 47.9 Å². The minimum Gasteiger partial charge on any atom is -0.287 e. The Labute approximate surface area is 170 Å². The zero-order valence-electron chi connectivity index (χ0n) is 15.9. The molecular formula is C22H20F6N2. The van der Waals surface area contributed by atoms with Crippen LogP contribution in [0, 0.1) is 0 Å². The normalized spacial score (nSPS) is 20.9. The first-order valence-corrected chi connectivity index (χ1v) is 9.55. The van der Waals surface area contributed by atoms with Gasteiger partial charge < -0.3 is 0 Å². The van der Waals surface area contributed by atoms with Gasteiger partial charge in [0, 0.05) is 23.6 Å². The molecule has 1 aliphatic rings. The first-order chi connectivity index (χ1) is 14.2. The summed E-state index contributed by atoms with van der Waals surface area (Å²) in [6, 6.07) is 9.53. The molecule has 30 heavy (non-hydrogen) atoms. The topological polar surface area (TPSA) is 24.7 Å². The number of rotatable bonds is 4. The summed E-state index contributed by atoms with van der Waals surface area (Å²) < 4.78 is 78.9. The quantitative estimate of drug-likeness (QED) is 0.390. The van der Waals surface area contributed by atoms with Crippen molar-refractivity contribution < 1.29 is 26.3 Å². The minimum atomic E-state index is -4.49. The molecule has 0 aliphatic heterocycles. The van der Waals surface area contributed by atoms with Crippen LogP contribution in [0.5, 0.6) is 0 Å². The minimum absolute atomic E-state index is 0.0410. The van der Waals surface area contributed by atoms with Crippen molar-refractivity contribution in [3.8, 4) is 0 Å². The van der Waals surface area contributed by atoms with Gasteiger partial charge in [-0.05, 0) is 25.0 Å². The Morgan fingerprint density at radius 1 is 0.633 bits per heavy atom. The van der Waals surface area contributed by atoms with Gasteiger partial charge in [-0.15, -0.1) is 0 Å². The van der Waals surface area contributed by atoms with E-state index in [0.29, 0.717) is 12.8 Å². The summed E-state index contributed by atoms with van der Waals surface area (Å²) in [6.07, 6.45) is -3.67. The maximum atomic E-state index is 13.2. The number of aliphatic imine (C=N–C) groups is 2. The highest BCUT2D eigenvalue weighted by Crippen LogP contribution is 2.33. The molecule has 1 fully saturated rings. The monoisotopic (exact) mass is 426 g/mol. The highest BCUT2D eigenvalue weighted by atomic mass is 19.4. The van der Waals surface area contributed by atoms with Gasteiger partial charge in [0.05, 0.1) is 23.2 Å². The Morgan fingerprint density at radius 2 is 1.00 bits per heavy atom. The zero-order valence-corrected chi connectivity index (χ0v) is 15.9. The van der Waals surface area contributed by atoms with E-state index in [1.54, 1.807) is 0 Å². The molecule has 1 saturated carbocycles. The van der Waals surface area contributed by atoms with Gasteiger partial charge in [0.15, 0.2) is 0 Å². The maximum Gasteiger partial charge on any atom is 0.417 e. The molecule has 0 spiro atoms. The Balaban J connectivity index is 1.82. The third-order valence-electron chi connectivity index (χ3n) is 5.04. The van der Waals surface area contributed by atoms with Crippen LogP contribution in [0.15, 0.2) is 58.5 Å². The van der Waals surface area contributed by atoms with Crippen LogP contribution in [0.3, 0.4) is 0 Å². The highest BCUT2D eigenvalue weighted by Gasteiger charge is 2.34. The molecule has 8 heteroatoms. The maximum absolute atomic E-state index is 13.2. The fourth-order valence-corrected chi connectivity index (χ4v) is 3.53. The van der Waals surface area contributed by atoms with Gasteiger partial charge >= 0.3 is 12.4 Å². The highest BCUT2D eigenvalue weighted by molar-refractivity contribution is 5.83. The summed E-state index contributed by atoms with van der Waals surface area (Å²) in [5, 5.41) is 0. The second-order valence-electron chi connectivity index (χ2n) is 7.15. The second kappa shape index (κ2) is 9.02. The van der Waals surface area contributed by atoms with Gasteiger partial charge in [-0.3, -0.25) is 9.98 Å². The Bertz CT molecular complexity index is 839. The molecule has 0 aromatic heterocycles. The van der Waals surface area contributed by atoms with Crippen LogP contribution in [0.4, 0.5) is 26.3 Å². The van der Waals surface area contributed by atoms with E-state index in [1.807, 2.05) is 0 Å². The Hall–Kier alpha value is -2.64. The van der Waals surface area contributed by atoms with Crippen molar-refractivity contribution in [1.29, 1.82) is 0 Å². The lowest BCUT2D eigenvalue weighted by Crippen LogP contribution is -2.27. The van der Waals surface area contributed by atoms with Crippen molar-refractivity contribution in [3.63, 3.8) is 0 Å². The zero-order chi connectivity index (χ0) is 21.8. The lowest BCUT2D eigenvalue weighted by atomic mass is 9.91. The van der Waals surface area contributed by atoms with Crippen molar-refractivity contribution in [3.05, 3.63) is 70.8 Å². The van der Waals surface area contributed by atoms with E-state index < -0.39 is 23.5 Å². The van der Waals surface area contributed by atoms with E-state index in [-0.39, 0.29) is 23.2 Å². The molecule has 2 aromatic rings. The van der Waals surface area contributed by atoms with Gasteiger partial charge in [-0.25, -0.2) is 0 Å².